The molecular weight excluding hydrogens is 262 g/mol. The van der Waals surface area contributed by atoms with Crippen molar-refractivity contribution in [3.8, 4) is 0 Å². The van der Waals surface area contributed by atoms with Gasteiger partial charge in [-0.15, -0.1) is 0 Å². The zero-order valence-electron chi connectivity index (χ0n) is 12.7. The van der Waals surface area contributed by atoms with Crippen LogP contribution in [0.3, 0.4) is 0 Å². The van der Waals surface area contributed by atoms with Crippen LogP contribution in [0.4, 0.5) is 0 Å². The third kappa shape index (κ3) is 2.65. The molecule has 0 bridgehead atoms. The van der Waals surface area contributed by atoms with E-state index in [4.69, 9.17) is 0 Å². The van der Waals surface area contributed by atoms with Crippen LogP contribution in [0.15, 0.2) is 41.6 Å². The van der Waals surface area contributed by atoms with Gasteiger partial charge in [0.05, 0.1) is 0 Å². The number of amides is 1. The number of carbonyl (C=O) groups is 2. The lowest BCUT2D eigenvalue weighted by molar-refractivity contribution is -0.118. The molecule has 3 rings (SSSR count). The fourth-order valence-electron chi connectivity index (χ4n) is 3.38. The molecule has 1 aliphatic carbocycles. The number of hydrogen-bond donors (Lipinski definition) is 0. The molecule has 0 atom stereocenters. The summed E-state index contributed by atoms with van der Waals surface area (Å²) in [6.45, 7) is 4.93. The van der Waals surface area contributed by atoms with E-state index in [-0.39, 0.29) is 17.1 Å². The standard InChI is InChI=1S/C18H21NO2/c1-18(2)11-15-14(16(20)12-18)9-6-10-19(15)17(21)13-7-4-3-5-8-13/h3-5,7-8H,6,9-12H2,1-2H3. The molecule has 1 aromatic rings. The number of carbonyl (C=O) groups excluding carboxylic acids is 2. The second-order valence-corrected chi connectivity index (χ2v) is 6.79. The molecule has 3 nitrogen and oxygen atoms in total. The highest BCUT2D eigenvalue weighted by Crippen LogP contribution is 2.41. The van der Waals surface area contributed by atoms with E-state index in [1.807, 2.05) is 35.2 Å². The molecule has 0 unspecified atom stereocenters. The Balaban J connectivity index is 1.98. The molecule has 0 saturated carbocycles. The number of Topliss-reactive ketones (excluding diaryl/α,β-unsaturated/α-hetero) is 1. The van der Waals surface area contributed by atoms with Gasteiger partial charge in [0.2, 0.25) is 0 Å². The molecule has 1 amide bonds. The largest absolute Gasteiger partial charge is 0.312 e. The molecule has 1 aromatic carbocycles. The van der Waals surface area contributed by atoms with E-state index in [1.165, 1.54) is 0 Å². The van der Waals surface area contributed by atoms with Crippen molar-refractivity contribution in [2.24, 2.45) is 5.41 Å². The van der Waals surface area contributed by atoms with Gasteiger partial charge in [0, 0.05) is 29.8 Å². The van der Waals surface area contributed by atoms with Crippen molar-refractivity contribution < 1.29 is 9.59 Å². The van der Waals surface area contributed by atoms with E-state index in [1.54, 1.807) is 0 Å². The Labute approximate surface area is 125 Å². The quantitative estimate of drug-likeness (QED) is 0.790. The number of ketones is 1. The van der Waals surface area contributed by atoms with Gasteiger partial charge in [0.1, 0.15) is 0 Å². The van der Waals surface area contributed by atoms with Crippen molar-refractivity contribution in [2.75, 3.05) is 6.54 Å². The summed E-state index contributed by atoms with van der Waals surface area (Å²) in [7, 11) is 0. The lowest BCUT2D eigenvalue weighted by Crippen LogP contribution is -2.41. The van der Waals surface area contributed by atoms with Crippen LogP contribution in [0.2, 0.25) is 0 Å². The molecule has 3 heteroatoms. The van der Waals surface area contributed by atoms with E-state index in [2.05, 4.69) is 13.8 Å². The highest BCUT2D eigenvalue weighted by Gasteiger charge is 2.38. The average molecular weight is 283 g/mol. The Bertz CT molecular complexity index is 613. The van der Waals surface area contributed by atoms with E-state index in [0.717, 1.165) is 37.1 Å². The van der Waals surface area contributed by atoms with Gasteiger partial charge >= 0.3 is 0 Å². The Morgan fingerprint density at radius 2 is 1.86 bits per heavy atom. The van der Waals surface area contributed by atoms with E-state index in [0.29, 0.717) is 12.0 Å². The minimum atomic E-state index is -0.0531. The van der Waals surface area contributed by atoms with Gasteiger partial charge in [0.15, 0.2) is 5.78 Å². The second-order valence-electron chi connectivity index (χ2n) is 6.79. The number of allylic oxidation sites excluding steroid dienone is 2. The molecule has 1 aliphatic heterocycles. The summed E-state index contributed by atoms with van der Waals surface area (Å²) >= 11 is 0. The minimum absolute atomic E-state index is 0.0216. The summed E-state index contributed by atoms with van der Waals surface area (Å²) in [4.78, 5) is 26.9. The minimum Gasteiger partial charge on any atom is -0.312 e. The van der Waals surface area contributed by atoms with Gasteiger partial charge < -0.3 is 4.90 Å². The maximum absolute atomic E-state index is 12.8. The molecule has 0 spiro atoms. The van der Waals surface area contributed by atoms with Gasteiger partial charge in [-0.2, -0.15) is 0 Å². The molecule has 110 valence electrons. The van der Waals surface area contributed by atoms with Crippen LogP contribution >= 0.6 is 0 Å². The number of nitrogens with zero attached hydrogens (tertiary/aromatic N) is 1. The van der Waals surface area contributed by atoms with Gasteiger partial charge in [-0.25, -0.2) is 0 Å². The number of benzene rings is 1. The first kappa shape index (κ1) is 14.1. The summed E-state index contributed by atoms with van der Waals surface area (Å²) in [6, 6.07) is 9.34. The summed E-state index contributed by atoms with van der Waals surface area (Å²) in [6.07, 6.45) is 3.11. The van der Waals surface area contributed by atoms with Crippen molar-refractivity contribution in [2.45, 2.75) is 39.5 Å². The normalized spacial score (nSPS) is 21.2. The van der Waals surface area contributed by atoms with Crippen molar-refractivity contribution in [3.63, 3.8) is 0 Å². The number of rotatable bonds is 1. The highest BCUT2D eigenvalue weighted by atomic mass is 16.2. The van der Waals surface area contributed by atoms with Crippen LogP contribution in [0.5, 0.6) is 0 Å². The SMILES string of the molecule is CC1(C)CC(=O)C2=C(C1)N(C(=O)c1ccccc1)CCC2. The Hall–Kier alpha value is -1.90. The molecule has 0 saturated heterocycles. The first-order chi connectivity index (χ1) is 9.98. The van der Waals surface area contributed by atoms with Gasteiger partial charge in [-0.05, 0) is 36.8 Å². The first-order valence-electron chi connectivity index (χ1n) is 7.60. The van der Waals surface area contributed by atoms with Crippen molar-refractivity contribution in [1.82, 2.24) is 4.90 Å². The van der Waals surface area contributed by atoms with Crippen molar-refractivity contribution in [1.29, 1.82) is 0 Å². The predicted molar refractivity (Wildman–Crippen MR) is 81.8 cm³/mol. The van der Waals surface area contributed by atoms with Crippen LogP contribution < -0.4 is 0 Å². The van der Waals surface area contributed by atoms with E-state index >= 15 is 0 Å². The maximum Gasteiger partial charge on any atom is 0.258 e. The van der Waals surface area contributed by atoms with Crippen LogP contribution in [-0.2, 0) is 4.79 Å². The summed E-state index contributed by atoms with van der Waals surface area (Å²) in [5, 5.41) is 0. The molecule has 2 aliphatic rings. The topological polar surface area (TPSA) is 37.4 Å². The summed E-state index contributed by atoms with van der Waals surface area (Å²) in [5.74, 6) is 0.250. The van der Waals surface area contributed by atoms with Crippen LogP contribution in [0, 0.1) is 5.41 Å². The lowest BCUT2D eigenvalue weighted by Gasteiger charge is -2.40. The van der Waals surface area contributed by atoms with Crippen LogP contribution in [0.1, 0.15) is 49.9 Å². The molecule has 0 aromatic heterocycles. The summed E-state index contributed by atoms with van der Waals surface area (Å²) < 4.78 is 0. The summed E-state index contributed by atoms with van der Waals surface area (Å²) in [5.41, 5.74) is 2.51. The first-order valence-corrected chi connectivity index (χ1v) is 7.60. The molecule has 1 heterocycles. The van der Waals surface area contributed by atoms with Gasteiger partial charge in [0.25, 0.3) is 5.91 Å². The molecule has 0 radical (unpaired) electrons. The molecule has 21 heavy (non-hydrogen) atoms. The third-order valence-electron chi connectivity index (χ3n) is 4.37. The van der Waals surface area contributed by atoms with Crippen molar-refractivity contribution >= 4 is 11.7 Å². The Morgan fingerprint density at radius 1 is 1.14 bits per heavy atom. The van der Waals surface area contributed by atoms with Crippen LogP contribution in [-0.4, -0.2) is 23.1 Å². The fraction of sp³-hybridized carbons (Fsp3) is 0.444. The smallest absolute Gasteiger partial charge is 0.258 e. The van der Waals surface area contributed by atoms with Crippen molar-refractivity contribution in [3.05, 3.63) is 47.2 Å². The third-order valence-corrected chi connectivity index (χ3v) is 4.37. The average Bonchev–Trinajstić information content (AvgIpc) is 2.46. The maximum atomic E-state index is 12.8. The van der Waals surface area contributed by atoms with E-state index < -0.39 is 0 Å². The predicted octanol–water partition coefficient (Wildman–Crippen LogP) is 3.57. The van der Waals surface area contributed by atoms with Crippen LogP contribution in [0.25, 0.3) is 0 Å². The number of hydrogen-bond acceptors (Lipinski definition) is 2. The van der Waals surface area contributed by atoms with Gasteiger partial charge in [-0.3, -0.25) is 9.59 Å². The zero-order chi connectivity index (χ0) is 15.0. The highest BCUT2D eigenvalue weighted by molar-refractivity contribution is 6.01. The molecule has 0 fully saturated rings. The lowest BCUT2D eigenvalue weighted by atomic mass is 9.73. The fourth-order valence-corrected chi connectivity index (χ4v) is 3.38. The Kier molecular flexibility index (Phi) is 3.44. The Morgan fingerprint density at radius 3 is 2.57 bits per heavy atom. The molecule has 0 N–H and O–H groups in total. The van der Waals surface area contributed by atoms with E-state index in [9.17, 15) is 9.59 Å². The second kappa shape index (κ2) is 5.14. The zero-order valence-corrected chi connectivity index (χ0v) is 12.7. The molecular formula is C18H21NO2. The van der Waals surface area contributed by atoms with Gasteiger partial charge in [-0.1, -0.05) is 32.0 Å². The monoisotopic (exact) mass is 283 g/mol.